The average Bonchev–Trinajstić information content (AvgIpc) is 2.85. The zero-order chi connectivity index (χ0) is 24.5. The molecule has 1 radical (unpaired) electrons. The SMILES string of the molecule is COCCn1c(CN2CCCCC2)nc2ccc([NH-])cc2c1=O.C[N-]c1cccc(C(C)=O)c1.[Y]. The Balaban J connectivity index is 0.000000305. The molecule has 1 aliphatic heterocycles. The van der Waals surface area contributed by atoms with E-state index in [9.17, 15) is 9.59 Å². The zero-order valence-electron chi connectivity index (χ0n) is 20.8. The van der Waals surface area contributed by atoms with Gasteiger partial charge >= 0.3 is 0 Å². The number of fused-ring (bicyclic) bond motifs is 1. The van der Waals surface area contributed by atoms with Gasteiger partial charge in [-0.1, -0.05) is 42.8 Å². The first-order valence-corrected chi connectivity index (χ1v) is 11.6. The molecule has 0 amide bonds. The van der Waals surface area contributed by atoms with Crippen LogP contribution in [0.3, 0.4) is 0 Å². The second-order valence-electron chi connectivity index (χ2n) is 8.38. The summed E-state index contributed by atoms with van der Waals surface area (Å²) < 4.78 is 6.85. The number of likely N-dealkylation sites (tertiary alicyclic amines) is 1. The van der Waals surface area contributed by atoms with Crippen molar-refractivity contribution in [2.45, 2.75) is 39.3 Å². The first-order chi connectivity index (χ1) is 16.4. The standard InChI is InChI=1S/C17H23N4O2.C9H10NO.Y/c1-23-10-9-21-16(12-20-7-3-2-4-8-20)19-15-6-5-13(18)11-14(15)17(21)22;1-7(11)8-4-3-5-9(6-8)10-2;/h5-6,11,18H,2-4,7-10,12H2,1H3;3-6H,1-2H3;/q2*-1;. The molecule has 1 saturated heterocycles. The van der Waals surface area contributed by atoms with Crippen molar-refractivity contribution in [3.05, 3.63) is 75.3 Å². The second kappa shape index (κ2) is 14.4. The number of nitrogens with zero attached hydrogens (tertiary/aromatic N) is 4. The Morgan fingerprint density at radius 3 is 2.54 bits per heavy atom. The number of hydrogen-bond acceptors (Lipinski definition) is 5. The minimum Gasteiger partial charge on any atom is -0.699 e. The number of piperidine rings is 1. The second-order valence-corrected chi connectivity index (χ2v) is 8.38. The van der Waals surface area contributed by atoms with Gasteiger partial charge in [-0.15, -0.1) is 18.4 Å². The molecule has 1 aliphatic rings. The van der Waals surface area contributed by atoms with E-state index in [1.807, 2.05) is 12.1 Å². The minimum absolute atomic E-state index is 0. The Labute approximate surface area is 232 Å². The van der Waals surface area contributed by atoms with E-state index in [-0.39, 0.29) is 44.1 Å². The molecule has 185 valence electrons. The van der Waals surface area contributed by atoms with E-state index >= 15 is 0 Å². The van der Waals surface area contributed by atoms with Crippen molar-refractivity contribution in [2.75, 3.05) is 33.9 Å². The summed E-state index contributed by atoms with van der Waals surface area (Å²) in [5.74, 6) is 0.870. The zero-order valence-corrected chi connectivity index (χ0v) is 23.6. The average molecular weight is 552 g/mol. The van der Waals surface area contributed by atoms with Gasteiger partial charge in [0.15, 0.2) is 5.78 Å². The number of Topliss-reactive ketones (excluding diaryl/α,β-unsaturated/α-hetero) is 1. The number of ketones is 1. The third-order valence-corrected chi connectivity index (χ3v) is 5.88. The summed E-state index contributed by atoms with van der Waals surface area (Å²) in [6.45, 7) is 5.32. The fraction of sp³-hybridized carbons (Fsp3) is 0.423. The monoisotopic (exact) mass is 552 g/mol. The molecule has 0 atom stereocenters. The van der Waals surface area contributed by atoms with Crippen LogP contribution in [-0.2, 0) is 50.5 Å². The van der Waals surface area contributed by atoms with E-state index in [2.05, 4.69) is 10.2 Å². The molecule has 9 heteroatoms. The van der Waals surface area contributed by atoms with Gasteiger partial charge in [0.1, 0.15) is 5.82 Å². The molecule has 1 N–H and O–H groups in total. The minimum atomic E-state index is -0.0758. The van der Waals surface area contributed by atoms with Crippen molar-refractivity contribution in [1.29, 1.82) is 0 Å². The van der Waals surface area contributed by atoms with Gasteiger partial charge in [0.2, 0.25) is 0 Å². The summed E-state index contributed by atoms with van der Waals surface area (Å²) >= 11 is 0. The maximum absolute atomic E-state index is 12.8. The Kier molecular flexibility index (Phi) is 12.0. The van der Waals surface area contributed by atoms with Gasteiger partial charge in [0.05, 0.1) is 30.6 Å². The number of hydrogen-bond donors (Lipinski definition) is 0. The van der Waals surface area contributed by atoms with Crippen LogP contribution in [0, 0.1) is 0 Å². The predicted octanol–water partition coefficient (Wildman–Crippen LogP) is 5.23. The first-order valence-electron chi connectivity index (χ1n) is 11.6. The number of aromatic nitrogens is 2. The van der Waals surface area contributed by atoms with E-state index in [1.54, 1.807) is 56.0 Å². The molecule has 0 bridgehead atoms. The molecule has 35 heavy (non-hydrogen) atoms. The molecule has 4 rings (SSSR count). The predicted molar refractivity (Wildman–Crippen MR) is 136 cm³/mol. The molecule has 8 nitrogen and oxygen atoms in total. The molecule has 0 saturated carbocycles. The fourth-order valence-corrected chi connectivity index (χ4v) is 3.98. The first kappa shape index (κ1) is 29.1. The summed E-state index contributed by atoms with van der Waals surface area (Å²) in [5, 5.41) is 4.47. The summed E-state index contributed by atoms with van der Waals surface area (Å²) in [5.41, 5.74) is 10.2. The van der Waals surface area contributed by atoms with Crippen LogP contribution in [0.5, 0.6) is 0 Å². The Morgan fingerprint density at radius 2 is 1.89 bits per heavy atom. The van der Waals surface area contributed by atoms with E-state index in [0.717, 1.165) is 24.6 Å². The van der Waals surface area contributed by atoms with Crippen LogP contribution in [0.15, 0.2) is 47.3 Å². The number of ether oxygens (including phenoxy) is 1. The van der Waals surface area contributed by atoms with Crippen molar-refractivity contribution in [2.24, 2.45) is 0 Å². The maximum Gasteiger partial charge on any atom is 0.261 e. The Hall–Kier alpha value is -2.13. The van der Waals surface area contributed by atoms with Crippen LogP contribution in [0.1, 0.15) is 42.4 Å². The molecule has 1 aromatic heterocycles. The number of benzene rings is 2. The van der Waals surface area contributed by atoms with Gasteiger partial charge in [-0.25, -0.2) is 4.98 Å². The number of rotatable bonds is 7. The number of nitrogens with one attached hydrogen (secondary N) is 1. The van der Waals surface area contributed by atoms with E-state index < -0.39 is 0 Å². The van der Waals surface area contributed by atoms with Gasteiger partial charge in [-0.2, -0.15) is 0 Å². The quantitative estimate of drug-likeness (QED) is 0.374. The fourth-order valence-electron chi connectivity index (χ4n) is 3.98. The Morgan fingerprint density at radius 1 is 1.14 bits per heavy atom. The smallest absolute Gasteiger partial charge is 0.261 e. The van der Waals surface area contributed by atoms with Crippen LogP contribution in [-0.4, -0.2) is 54.1 Å². The molecule has 0 unspecified atom stereocenters. The number of carbonyl (C=O) groups excluding carboxylic acids is 1. The summed E-state index contributed by atoms with van der Waals surface area (Å²) in [7, 11) is 3.34. The maximum atomic E-state index is 12.8. The van der Waals surface area contributed by atoms with Crippen molar-refractivity contribution in [3.63, 3.8) is 0 Å². The van der Waals surface area contributed by atoms with Crippen LogP contribution in [0.25, 0.3) is 22.0 Å². The normalized spacial score (nSPS) is 13.5. The summed E-state index contributed by atoms with van der Waals surface area (Å²) in [4.78, 5) is 30.8. The van der Waals surface area contributed by atoms with Gasteiger partial charge in [0.25, 0.3) is 5.56 Å². The van der Waals surface area contributed by atoms with Gasteiger partial charge in [-0.05, 0) is 38.9 Å². The largest absolute Gasteiger partial charge is 0.699 e. The topological polar surface area (TPSA) is 102 Å². The van der Waals surface area contributed by atoms with E-state index in [1.165, 1.54) is 19.3 Å². The number of methoxy groups -OCH3 is 1. The van der Waals surface area contributed by atoms with Crippen molar-refractivity contribution >= 4 is 28.1 Å². The molecule has 3 aromatic rings. The van der Waals surface area contributed by atoms with Crippen LogP contribution < -0.4 is 5.56 Å². The van der Waals surface area contributed by atoms with Gasteiger partial charge < -0.3 is 15.8 Å². The molecular weight excluding hydrogens is 519 g/mol. The number of carbonyl (C=O) groups is 1. The van der Waals surface area contributed by atoms with Crippen LogP contribution >= 0.6 is 0 Å². The molecular formula is C26H33N5O3Y-2. The third-order valence-electron chi connectivity index (χ3n) is 5.88. The third kappa shape index (κ3) is 8.21. The van der Waals surface area contributed by atoms with Gasteiger partial charge in [0, 0.05) is 45.4 Å². The summed E-state index contributed by atoms with van der Waals surface area (Å²) in [6, 6.07) is 12.3. The molecule has 1 fully saturated rings. The van der Waals surface area contributed by atoms with Crippen molar-refractivity contribution in [3.8, 4) is 0 Å². The van der Waals surface area contributed by atoms with E-state index in [4.69, 9.17) is 15.5 Å². The molecule has 0 aliphatic carbocycles. The van der Waals surface area contributed by atoms with Crippen LogP contribution in [0.2, 0.25) is 0 Å². The van der Waals surface area contributed by atoms with Crippen LogP contribution in [0.4, 0.5) is 11.4 Å². The molecule has 2 heterocycles. The van der Waals surface area contributed by atoms with Crippen molar-refractivity contribution in [1.82, 2.24) is 14.5 Å². The van der Waals surface area contributed by atoms with Crippen molar-refractivity contribution < 1.29 is 42.2 Å². The van der Waals surface area contributed by atoms with E-state index in [0.29, 0.717) is 41.9 Å². The summed E-state index contributed by atoms with van der Waals surface area (Å²) in [6.07, 6.45) is 3.70. The molecule has 0 spiro atoms. The molecule has 2 aromatic carbocycles. The van der Waals surface area contributed by atoms with Gasteiger partial charge in [-0.3, -0.25) is 19.1 Å². The Bertz CT molecular complexity index is 1180.